The van der Waals surface area contributed by atoms with Crippen molar-refractivity contribution in [2.45, 2.75) is 271 Å². The van der Waals surface area contributed by atoms with Crippen molar-refractivity contribution in [2.24, 2.45) is 0 Å². The predicted octanol–water partition coefficient (Wildman–Crippen LogP) is 19.3. The van der Waals surface area contributed by atoms with Crippen LogP contribution in [0.1, 0.15) is 265 Å². The van der Waals surface area contributed by atoms with Gasteiger partial charge in [-0.25, -0.2) is 0 Å². The summed E-state index contributed by atoms with van der Waals surface area (Å²) in [6.45, 7) is 6.39. The smallest absolute Gasteiger partial charge is 0.306 e. The Kier molecular flexibility index (Phi) is 53.9. The minimum absolute atomic E-state index is 0.0961. The van der Waals surface area contributed by atoms with Crippen molar-refractivity contribution in [3.63, 3.8) is 0 Å². The zero-order valence-corrected chi connectivity index (χ0v) is 45.0. The molecule has 0 spiro atoms. The summed E-state index contributed by atoms with van der Waals surface area (Å²) in [6.07, 6.45) is 75.4. The maximum absolute atomic E-state index is 12.9. The van der Waals surface area contributed by atoms with E-state index in [1.165, 1.54) is 96.3 Å². The lowest BCUT2D eigenvalue weighted by molar-refractivity contribution is -0.167. The Balaban J connectivity index is 4.46. The molecule has 6 nitrogen and oxygen atoms in total. The summed E-state index contributed by atoms with van der Waals surface area (Å²) in [7, 11) is 0. The molecule has 0 saturated heterocycles. The number of unbranched alkanes of at least 4 members (excludes halogenated alkanes) is 24. The SMILES string of the molecule is CC/C=C\C/C=C\C/C=C\C/C=C\C/C=C\CCCCCC(=O)OCC(COC(=O)CCCCCCCCC/C=C\C/C=C\CC)OC(=O)CCCCCCC/C=C\CCCCCCCCCCC. The van der Waals surface area contributed by atoms with Crippen LogP contribution in [0.15, 0.2) is 97.2 Å². The van der Waals surface area contributed by atoms with Crippen LogP contribution in [0.5, 0.6) is 0 Å². The Morgan fingerprint density at radius 1 is 0.304 bits per heavy atom. The number of ether oxygens (including phenoxy) is 3. The van der Waals surface area contributed by atoms with Crippen molar-refractivity contribution >= 4 is 17.9 Å². The van der Waals surface area contributed by atoms with E-state index in [1.807, 2.05) is 0 Å². The monoisotopic (exact) mass is 959 g/mol. The number of esters is 3. The zero-order valence-electron chi connectivity index (χ0n) is 45.0. The lowest BCUT2D eigenvalue weighted by atomic mass is 10.1. The third-order valence-electron chi connectivity index (χ3n) is 12.1. The van der Waals surface area contributed by atoms with E-state index in [1.54, 1.807) is 0 Å². The molecule has 1 atom stereocenters. The lowest BCUT2D eigenvalue weighted by Crippen LogP contribution is -2.30. The van der Waals surface area contributed by atoms with Crippen LogP contribution in [0, 0.1) is 0 Å². The summed E-state index contributed by atoms with van der Waals surface area (Å²) in [5, 5.41) is 0. The highest BCUT2D eigenvalue weighted by Gasteiger charge is 2.19. The van der Waals surface area contributed by atoms with Gasteiger partial charge < -0.3 is 14.2 Å². The molecule has 0 N–H and O–H groups in total. The average molecular weight is 960 g/mol. The number of carbonyl (C=O) groups is 3. The fraction of sp³-hybridized carbons (Fsp3) is 0.698. The number of allylic oxidation sites excluding steroid dienone is 16. The standard InChI is InChI=1S/C63H106O6/c1-4-7-10-13-16-19-22-25-28-30-32-34-35-38-41-44-47-50-53-56-62(65)68-59-60(58-67-61(64)55-52-49-46-43-40-37-27-24-21-18-15-12-9-6-3)69-63(66)57-54-51-48-45-42-39-36-33-31-29-26-23-20-17-14-11-8-5-2/h7,9-10,12,16,18-19,21,25,28,32-34,36,38,41,60H,4-6,8,11,13-15,17,20,22-24,26-27,29-31,35,37,39-40,42-59H2,1-3H3/b10-7-,12-9-,19-16-,21-18-,28-25-,34-32-,36-33-,41-38-. The number of hydrogen-bond acceptors (Lipinski definition) is 6. The van der Waals surface area contributed by atoms with Gasteiger partial charge in [0, 0.05) is 19.3 Å². The fourth-order valence-electron chi connectivity index (χ4n) is 7.80. The van der Waals surface area contributed by atoms with Gasteiger partial charge in [0.2, 0.25) is 0 Å². The van der Waals surface area contributed by atoms with E-state index in [0.717, 1.165) is 128 Å². The summed E-state index contributed by atoms with van der Waals surface area (Å²) in [4.78, 5) is 38.2. The number of carbonyl (C=O) groups excluding carboxylic acids is 3. The first-order valence-corrected chi connectivity index (χ1v) is 28.7. The molecule has 1 unspecified atom stereocenters. The van der Waals surface area contributed by atoms with Gasteiger partial charge in [0.25, 0.3) is 0 Å². The first-order valence-electron chi connectivity index (χ1n) is 28.7. The molecule has 0 amide bonds. The van der Waals surface area contributed by atoms with Crippen LogP contribution in [0.3, 0.4) is 0 Å². The van der Waals surface area contributed by atoms with E-state index in [9.17, 15) is 14.4 Å². The van der Waals surface area contributed by atoms with Crippen LogP contribution in [-0.4, -0.2) is 37.2 Å². The van der Waals surface area contributed by atoms with Crippen LogP contribution in [0.4, 0.5) is 0 Å². The Morgan fingerprint density at radius 2 is 0.565 bits per heavy atom. The number of hydrogen-bond donors (Lipinski definition) is 0. The van der Waals surface area contributed by atoms with Crippen molar-refractivity contribution in [3.8, 4) is 0 Å². The molecule has 0 radical (unpaired) electrons. The topological polar surface area (TPSA) is 78.9 Å². The maximum atomic E-state index is 12.9. The van der Waals surface area contributed by atoms with Gasteiger partial charge in [-0.3, -0.25) is 14.4 Å². The van der Waals surface area contributed by atoms with Gasteiger partial charge in [-0.15, -0.1) is 0 Å². The van der Waals surface area contributed by atoms with Crippen molar-refractivity contribution in [1.29, 1.82) is 0 Å². The predicted molar refractivity (Wildman–Crippen MR) is 297 cm³/mol. The quantitative estimate of drug-likeness (QED) is 0.0262. The van der Waals surface area contributed by atoms with Crippen molar-refractivity contribution in [3.05, 3.63) is 97.2 Å². The highest BCUT2D eigenvalue weighted by atomic mass is 16.6. The van der Waals surface area contributed by atoms with Gasteiger partial charge in [-0.1, -0.05) is 227 Å². The van der Waals surface area contributed by atoms with Gasteiger partial charge in [0.05, 0.1) is 0 Å². The molecule has 0 aromatic heterocycles. The summed E-state index contributed by atoms with van der Waals surface area (Å²) in [6, 6.07) is 0. The van der Waals surface area contributed by atoms with E-state index >= 15 is 0 Å². The molecule has 0 rings (SSSR count). The molecule has 0 aromatic carbocycles. The third-order valence-corrected chi connectivity index (χ3v) is 12.1. The Morgan fingerprint density at radius 3 is 0.913 bits per heavy atom. The molecule has 0 heterocycles. The summed E-state index contributed by atoms with van der Waals surface area (Å²) >= 11 is 0. The largest absolute Gasteiger partial charge is 0.462 e. The van der Waals surface area contributed by atoms with Gasteiger partial charge in [0.15, 0.2) is 6.10 Å². The molecule has 0 fully saturated rings. The minimum Gasteiger partial charge on any atom is -0.462 e. The second kappa shape index (κ2) is 56.9. The van der Waals surface area contributed by atoms with Crippen LogP contribution in [0.25, 0.3) is 0 Å². The van der Waals surface area contributed by atoms with E-state index in [2.05, 4.69) is 118 Å². The molecular formula is C63H106O6. The minimum atomic E-state index is -0.800. The van der Waals surface area contributed by atoms with Gasteiger partial charge in [-0.05, 0) is 116 Å². The Labute approximate surface area is 426 Å². The summed E-state index contributed by atoms with van der Waals surface area (Å²) in [5.41, 5.74) is 0. The molecule has 0 aliphatic carbocycles. The van der Waals surface area contributed by atoms with E-state index < -0.39 is 6.10 Å². The molecule has 69 heavy (non-hydrogen) atoms. The van der Waals surface area contributed by atoms with Crippen LogP contribution in [0.2, 0.25) is 0 Å². The van der Waals surface area contributed by atoms with Crippen LogP contribution >= 0.6 is 0 Å². The van der Waals surface area contributed by atoms with Gasteiger partial charge >= 0.3 is 17.9 Å². The highest BCUT2D eigenvalue weighted by molar-refractivity contribution is 5.71. The van der Waals surface area contributed by atoms with Crippen LogP contribution in [-0.2, 0) is 28.6 Å². The third kappa shape index (κ3) is 55.1. The van der Waals surface area contributed by atoms with Gasteiger partial charge in [0.1, 0.15) is 13.2 Å². The molecule has 6 heteroatoms. The molecular weight excluding hydrogens is 853 g/mol. The normalized spacial score (nSPS) is 12.8. The molecule has 0 aliphatic heterocycles. The highest BCUT2D eigenvalue weighted by Crippen LogP contribution is 2.14. The van der Waals surface area contributed by atoms with Crippen molar-refractivity contribution in [2.75, 3.05) is 13.2 Å². The van der Waals surface area contributed by atoms with Gasteiger partial charge in [-0.2, -0.15) is 0 Å². The second-order valence-corrected chi connectivity index (χ2v) is 18.8. The Hall–Kier alpha value is -3.67. The maximum Gasteiger partial charge on any atom is 0.306 e. The first-order chi connectivity index (χ1) is 34.0. The molecule has 0 aliphatic rings. The second-order valence-electron chi connectivity index (χ2n) is 18.8. The van der Waals surface area contributed by atoms with Crippen LogP contribution < -0.4 is 0 Å². The van der Waals surface area contributed by atoms with E-state index in [0.29, 0.717) is 19.3 Å². The van der Waals surface area contributed by atoms with Crippen molar-refractivity contribution < 1.29 is 28.6 Å². The lowest BCUT2D eigenvalue weighted by Gasteiger charge is -2.18. The molecule has 394 valence electrons. The average Bonchev–Trinajstić information content (AvgIpc) is 3.35. The van der Waals surface area contributed by atoms with E-state index in [-0.39, 0.29) is 31.1 Å². The molecule has 0 bridgehead atoms. The molecule has 0 aromatic rings. The summed E-state index contributed by atoms with van der Waals surface area (Å²) < 4.78 is 16.8. The van der Waals surface area contributed by atoms with E-state index in [4.69, 9.17) is 14.2 Å². The molecule has 0 saturated carbocycles. The van der Waals surface area contributed by atoms with Crippen molar-refractivity contribution in [1.82, 2.24) is 0 Å². The first kappa shape index (κ1) is 65.3. The Bertz CT molecular complexity index is 1380. The number of rotatable bonds is 51. The zero-order chi connectivity index (χ0) is 50.0. The fourth-order valence-corrected chi connectivity index (χ4v) is 7.80. The summed E-state index contributed by atoms with van der Waals surface area (Å²) in [5.74, 6) is -0.942.